The number of halogens is 2. The summed E-state index contributed by atoms with van der Waals surface area (Å²) in [5.74, 6) is 2.20. The molecule has 0 N–H and O–H groups in total. The number of rotatable bonds is 1. The number of nitro groups is 1. The van der Waals surface area contributed by atoms with Crippen molar-refractivity contribution in [2.24, 2.45) is 0 Å². The summed E-state index contributed by atoms with van der Waals surface area (Å²) in [6, 6.07) is 2.85. The van der Waals surface area contributed by atoms with E-state index in [4.69, 9.17) is 5.26 Å². The molecule has 0 saturated heterocycles. The van der Waals surface area contributed by atoms with E-state index in [1.165, 1.54) is 0 Å². The van der Waals surface area contributed by atoms with Crippen molar-refractivity contribution in [3.8, 4) is 17.9 Å². The maximum Gasteiger partial charge on any atom is 0.320 e. The summed E-state index contributed by atoms with van der Waals surface area (Å²) in [4.78, 5) is 9.52. The largest absolute Gasteiger partial charge is 0.320 e. The molecule has 16 heavy (non-hydrogen) atoms. The van der Waals surface area contributed by atoms with Crippen LogP contribution in [0.2, 0.25) is 0 Å². The van der Waals surface area contributed by atoms with Crippen LogP contribution in [0.25, 0.3) is 0 Å². The molecule has 0 aliphatic carbocycles. The topological polar surface area (TPSA) is 66.9 Å². The second-order valence-corrected chi connectivity index (χ2v) is 2.68. The quantitative estimate of drug-likeness (QED) is 0.415. The molecule has 0 atom stereocenters. The average molecular weight is 222 g/mol. The Kier molecular flexibility index (Phi) is 3.52. The van der Waals surface area contributed by atoms with Gasteiger partial charge in [0.2, 0.25) is 5.82 Å². The molecule has 0 radical (unpaired) electrons. The van der Waals surface area contributed by atoms with Crippen LogP contribution in [0.4, 0.5) is 14.5 Å². The van der Waals surface area contributed by atoms with Crippen molar-refractivity contribution < 1.29 is 13.7 Å². The molecule has 0 spiro atoms. The zero-order valence-electron chi connectivity index (χ0n) is 7.83. The number of nitrogens with zero attached hydrogens (tertiary/aromatic N) is 2. The molecule has 0 aromatic heterocycles. The number of nitriles is 1. The zero-order chi connectivity index (χ0) is 12.1. The SMILES string of the molecule is N#CCC#Cc1cc(F)cc(F)c1[N+](=O)[O-]. The van der Waals surface area contributed by atoms with E-state index in [9.17, 15) is 18.9 Å². The second kappa shape index (κ2) is 4.85. The first kappa shape index (κ1) is 11.6. The maximum atomic E-state index is 13.1. The lowest BCUT2D eigenvalue weighted by Crippen LogP contribution is -1.97. The minimum absolute atomic E-state index is 0.171. The van der Waals surface area contributed by atoms with E-state index in [0.29, 0.717) is 6.07 Å². The molecule has 4 nitrogen and oxygen atoms in total. The predicted molar refractivity (Wildman–Crippen MR) is 50.1 cm³/mol. The van der Waals surface area contributed by atoms with Crippen LogP contribution < -0.4 is 0 Å². The molecule has 1 aromatic carbocycles. The van der Waals surface area contributed by atoms with E-state index < -0.39 is 22.2 Å². The highest BCUT2D eigenvalue weighted by molar-refractivity contribution is 5.52. The molecule has 0 saturated carbocycles. The van der Waals surface area contributed by atoms with Gasteiger partial charge in [0, 0.05) is 6.07 Å². The fourth-order valence-corrected chi connectivity index (χ4v) is 1.03. The van der Waals surface area contributed by atoms with Crippen molar-refractivity contribution in [1.82, 2.24) is 0 Å². The highest BCUT2D eigenvalue weighted by Gasteiger charge is 2.20. The number of hydrogen-bond acceptors (Lipinski definition) is 3. The Balaban J connectivity index is 3.33. The summed E-state index contributed by atoms with van der Waals surface area (Å²) in [6.45, 7) is 0. The van der Waals surface area contributed by atoms with Crippen molar-refractivity contribution in [3.05, 3.63) is 39.4 Å². The Labute approximate surface area is 89.3 Å². The van der Waals surface area contributed by atoms with Gasteiger partial charge in [-0.15, -0.1) is 0 Å². The predicted octanol–water partition coefficient (Wildman–Crippen LogP) is 2.14. The van der Waals surface area contributed by atoms with Crippen LogP contribution in [0.15, 0.2) is 12.1 Å². The van der Waals surface area contributed by atoms with Crippen LogP contribution in [-0.4, -0.2) is 4.92 Å². The monoisotopic (exact) mass is 222 g/mol. The summed E-state index contributed by atoms with van der Waals surface area (Å²) in [6.07, 6.45) is -0.171. The zero-order valence-corrected chi connectivity index (χ0v) is 7.83. The molecule has 0 fully saturated rings. The van der Waals surface area contributed by atoms with Gasteiger partial charge in [-0.05, 0) is 6.07 Å². The Hall–Kier alpha value is -2.47. The van der Waals surface area contributed by atoms with Crippen molar-refractivity contribution in [3.63, 3.8) is 0 Å². The first-order valence-corrected chi connectivity index (χ1v) is 4.05. The second-order valence-electron chi connectivity index (χ2n) is 2.68. The van der Waals surface area contributed by atoms with Gasteiger partial charge < -0.3 is 0 Å². The molecular weight excluding hydrogens is 218 g/mol. The molecule has 0 aliphatic rings. The maximum absolute atomic E-state index is 13.1. The van der Waals surface area contributed by atoms with E-state index in [1.807, 2.05) is 0 Å². The lowest BCUT2D eigenvalue weighted by molar-refractivity contribution is -0.387. The smallest absolute Gasteiger partial charge is 0.258 e. The van der Waals surface area contributed by atoms with Crippen LogP contribution in [0.3, 0.4) is 0 Å². The average Bonchev–Trinajstić information content (AvgIpc) is 2.16. The van der Waals surface area contributed by atoms with Gasteiger partial charge in [-0.3, -0.25) is 10.1 Å². The first-order valence-electron chi connectivity index (χ1n) is 4.05. The van der Waals surface area contributed by atoms with Gasteiger partial charge in [0.05, 0.1) is 17.4 Å². The minimum atomic E-state index is -1.29. The van der Waals surface area contributed by atoms with E-state index in [-0.39, 0.29) is 12.0 Å². The van der Waals surface area contributed by atoms with Crippen molar-refractivity contribution in [1.29, 1.82) is 5.26 Å². The summed E-state index contributed by atoms with van der Waals surface area (Å²) >= 11 is 0. The molecular formula is C10H4F2N2O2. The lowest BCUT2D eigenvalue weighted by atomic mass is 10.1. The minimum Gasteiger partial charge on any atom is -0.258 e. The molecule has 0 aliphatic heterocycles. The Morgan fingerprint density at radius 1 is 1.44 bits per heavy atom. The van der Waals surface area contributed by atoms with Gasteiger partial charge in [-0.25, -0.2) is 4.39 Å². The third-order valence-corrected chi connectivity index (χ3v) is 1.60. The van der Waals surface area contributed by atoms with E-state index in [0.717, 1.165) is 6.07 Å². The summed E-state index contributed by atoms with van der Waals surface area (Å²) in [7, 11) is 0. The fraction of sp³-hybridized carbons (Fsp3) is 0.100. The van der Waals surface area contributed by atoms with Crippen molar-refractivity contribution in [2.45, 2.75) is 6.42 Å². The fourth-order valence-electron chi connectivity index (χ4n) is 1.03. The Morgan fingerprint density at radius 2 is 2.12 bits per heavy atom. The first-order chi connectivity index (χ1) is 7.56. The van der Waals surface area contributed by atoms with Crippen LogP contribution in [0, 0.1) is 44.9 Å². The number of nitro benzene ring substituents is 1. The summed E-state index contributed by atoms with van der Waals surface area (Å²) in [5.41, 5.74) is -1.26. The third-order valence-electron chi connectivity index (χ3n) is 1.60. The third kappa shape index (κ3) is 2.52. The van der Waals surface area contributed by atoms with Crippen LogP contribution in [-0.2, 0) is 0 Å². The van der Waals surface area contributed by atoms with Gasteiger partial charge >= 0.3 is 5.69 Å². The molecule has 1 aromatic rings. The Morgan fingerprint density at radius 3 is 2.69 bits per heavy atom. The van der Waals surface area contributed by atoms with Gasteiger partial charge in [-0.1, -0.05) is 11.8 Å². The van der Waals surface area contributed by atoms with Gasteiger partial charge in [-0.2, -0.15) is 9.65 Å². The summed E-state index contributed by atoms with van der Waals surface area (Å²) < 4.78 is 25.8. The lowest BCUT2D eigenvalue weighted by Gasteiger charge is -1.97. The molecule has 0 unspecified atom stereocenters. The standard InChI is InChI=1S/C10H4F2N2O2/c11-8-5-7(3-1-2-4-13)10(14(15)16)9(12)6-8/h5-6H,2H2. The van der Waals surface area contributed by atoms with Crippen molar-refractivity contribution in [2.75, 3.05) is 0 Å². The Bertz CT molecular complexity index is 538. The van der Waals surface area contributed by atoms with Crippen molar-refractivity contribution >= 4 is 5.69 Å². The molecule has 0 heterocycles. The van der Waals surface area contributed by atoms with Crippen LogP contribution in [0.1, 0.15) is 12.0 Å². The highest BCUT2D eigenvalue weighted by Crippen LogP contribution is 2.23. The van der Waals surface area contributed by atoms with Gasteiger partial charge in [0.25, 0.3) is 0 Å². The van der Waals surface area contributed by atoms with Gasteiger partial charge in [0.15, 0.2) is 0 Å². The van der Waals surface area contributed by atoms with Crippen LogP contribution >= 0.6 is 0 Å². The van der Waals surface area contributed by atoms with Gasteiger partial charge in [0.1, 0.15) is 11.4 Å². The summed E-state index contributed by atoms with van der Waals surface area (Å²) in [5, 5.41) is 18.7. The molecule has 1 rings (SSSR count). The van der Waals surface area contributed by atoms with E-state index in [1.54, 1.807) is 6.07 Å². The molecule has 0 amide bonds. The normalized spacial score (nSPS) is 8.81. The highest BCUT2D eigenvalue weighted by atomic mass is 19.1. The number of hydrogen-bond donors (Lipinski definition) is 0. The van der Waals surface area contributed by atoms with E-state index in [2.05, 4.69) is 11.8 Å². The van der Waals surface area contributed by atoms with Crippen LogP contribution in [0.5, 0.6) is 0 Å². The molecule has 6 heteroatoms. The number of benzene rings is 1. The molecule has 80 valence electrons. The molecule has 0 bridgehead atoms. The van der Waals surface area contributed by atoms with E-state index >= 15 is 0 Å².